The molecule has 1 unspecified atom stereocenters. The number of nitrogen functional groups attached to an aromatic ring is 1. The average Bonchev–Trinajstić information content (AvgIpc) is 2.67. The van der Waals surface area contributed by atoms with Crippen LogP contribution in [0, 0.1) is 5.41 Å². The van der Waals surface area contributed by atoms with E-state index in [1.807, 2.05) is 38.1 Å². The van der Waals surface area contributed by atoms with E-state index in [2.05, 4.69) is 25.9 Å². The fourth-order valence-corrected chi connectivity index (χ4v) is 2.37. The van der Waals surface area contributed by atoms with Gasteiger partial charge in [0.05, 0.1) is 12.4 Å². The second-order valence-corrected chi connectivity index (χ2v) is 7.55. The molecule has 9 heteroatoms. The second-order valence-electron chi connectivity index (χ2n) is 6.11. The molecular weight excluding hydrogens is 424 g/mol. The zero-order chi connectivity index (χ0) is 20.7. The van der Waals surface area contributed by atoms with E-state index in [-0.39, 0.29) is 29.3 Å². The summed E-state index contributed by atoms with van der Waals surface area (Å²) >= 11 is 3.53. The minimum absolute atomic E-state index is 0.0953. The first kappa shape index (κ1) is 21.5. The monoisotopic (exact) mass is 446 g/mol. The molecule has 1 aromatic carbocycles. The predicted octanol–water partition coefficient (Wildman–Crippen LogP) is 3.15. The van der Waals surface area contributed by atoms with E-state index in [1.54, 1.807) is 4.90 Å². The molecule has 8 nitrogen and oxygen atoms in total. The molecule has 1 aromatic heterocycles. The number of amidine groups is 1. The number of hydrogen-bond acceptors (Lipinski definition) is 7. The van der Waals surface area contributed by atoms with Gasteiger partial charge >= 0.3 is 5.97 Å². The van der Waals surface area contributed by atoms with Crippen LogP contribution in [0.25, 0.3) is 0 Å². The quantitative estimate of drug-likeness (QED) is 0.291. The third kappa shape index (κ3) is 5.59. The Bertz CT molecular complexity index is 854. The summed E-state index contributed by atoms with van der Waals surface area (Å²) in [5.74, 6) is 0.316. The molecule has 28 heavy (non-hydrogen) atoms. The smallest absolute Gasteiger partial charge is 0.302 e. The Balaban J connectivity index is 2.43. The fraction of sp³-hybridized carbons (Fsp3) is 0.316. The van der Waals surface area contributed by atoms with Crippen LogP contribution in [-0.4, -0.2) is 39.0 Å². The summed E-state index contributed by atoms with van der Waals surface area (Å²) in [6, 6.07) is 7.18. The number of carbonyl (C=O) groups is 1. The summed E-state index contributed by atoms with van der Waals surface area (Å²) in [5.41, 5.74) is 7.95. The highest BCUT2D eigenvalue weighted by Crippen LogP contribution is 2.21. The standard InChI is InChI=1S/C19H23BrN6O2/c1-12(20)13(2)25-19(17-18(22)24-9-8-23-17)26(11-21)16-6-4-15(5-7-16)10-28-14(3)27/h4-9,11-13,21H,10H2,1-3H3,(H2,22,24)/t12?,13-/m0/s1. The normalized spacial score (nSPS) is 13.5. The number of halogens is 1. The van der Waals surface area contributed by atoms with Crippen LogP contribution in [-0.2, 0) is 16.1 Å². The van der Waals surface area contributed by atoms with Crippen LogP contribution in [0.4, 0.5) is 11.5 Å². The van der Waals surface area contributed by atoms with Gasteiger partial charge in [-0.15, -0.1) is 0 Å². The van der Waals surface area contributed by atoms with Crippen molar-refractivity contribution in [3.8, 4) is 0 Å². The first-order valence-electron chi connectivity index (χ1n) is 8.64. The van der Waals surface area contributed by atoms with Crippen molar-refractivity contribution in [3.63, 3.8) is 0 Å². The van der Waals surface area contributed by atoms with Crippen LogP contribution >= 0.6 is 15.9 Å². The summed E-state index contributed by atoms with van der Waals surface area (Å²) in [4.78, 5) is 25.8. The number of ether oxygens (including phenoxy) is 1. The highest BCUT2D eigenvalue weighted by Gasteiger charge is 2.21. The van der Waals surface area contributed by atoms with Gasteiger partial charge in [0.25, 0.3) is 0 Å². The first-order chi connectivity index (χ1) is 13.3. The average molecular weight is 447 g/mol. The van der Waals surface area contributed by atoms with Gasteiger partial charge in [0, 0.05) is 29.8 Å². The van der Waals surface area contributed by atoms with Gasteiger partial charge in [0.15, 0.2) is 11.7 Å². The molecule has 2 aromatic rings. The van der Waals surface area contributed by atoms with Crippen molar-refractivity contribution in [1.82, 2.24) is 9.97 Å². The molecule has 0 spiro atoms. The number of alkyl halides is 1. The van der Waals surface area contributed by atoms with Crippen molar-refractivity contribution < 1.29 is 9.53 Å². The van der Waals surface area contributed by atoms with E-state index in [0.29, 0.717) is 17.2 Å². The molecular formula is C19H23BrN6O2. The van der Waals surface area contributed by atoms with Gasteiger partial charge in [-0.25, -0.2) is 9.97 Å². The molecule has 3 N–H and O–H groups in total. The zero-order valence-corrected chi connectivity index (χ0v) is 17.5. The van der Waals surface area contributed by atoms with Crippen LogP contribution in [0.1, 0.15) is 32.0 Å². The van der Waals surface area contributed by atoms with Crippen LogP contribution in [0.3, 0.4) is 0 Å². The number of esters is 1. The largest absolute Gasteiger partial charge is 0.461 e. The van der Waals surface area contributed by atoms with E-state index in [0.717, 1.165) is 11.9 Å². The Kier molecular flexibility index (Phi) is 7.62. The molecule has 0 radical (unpaired) electrons. The Labute approximate surface area is 172 Å². The summed E-state index contributed by atoms with van der Waals surface area (Å²) < 4.78 is 5.00. The molecule has 0 aliphatic heterocycles. The van der Waals surface area contributed by atoms with Gasteiger partial charge in [-0.05, 0) is 24.6 Å². The van der Waals surface area contributed by atoms with E-state index < -0.39 is 0 Å². The summed E-state index contributed by atoms with van der Waals surface area (Å²) in [6.45, 7) is 5.50. The molecule has 0 fully saturated rings. The van der Waals surface area contributed by atoms with Gasteiger partial charge in [-0.1, -0.05) is 35.0 Å². The molecule has 0 bridgehead atoms. The Morgan fingerprint density at radius 3 is 2.50 bits per heavy atom. The molecule has 1 heterocycles. The fourth-order valence-electron chi connectivity index (χ4n) is 2.25. The van der Waals surface area contributed by atoms with Crippen LogP contribution in [0.5, 0.6) is 0 Å². The maximum Gasteiger partial charge on any atom is 0.302 e. The minimum Gasteiger partial charge on any atom is -0.461 e. The Morgan fingerprint density at radius 1 is 1.32 bits per heavy atom. The second kappa shape index (κ2) is 9.93. The number of nitrogens with two attached hydrogens (primary N) is 1. The lowest BCUT2D eigenvalue weighted by atomic mass is 10.2. The van der Waals surface area contributed by atoms with Crippen LogP contribution in [0.2, 0.25) is 0 Å². The number of benzene rings is 1. The first-order valence-corrected chi connectivity index (χ1v) is 9.56. The molecule has 2 atom stereocenters. The SMILES string of the molecule is CC(=O)OCc1ccc(N(C=N)C(=N[C@@H](C)C(C)Br)c2nccnc2N)cc1. The van der Waals surface area contributed by atoms with Crippen molar-refractivity contribution in [2.24, 2.45) is 4.99 Å². The maximum atomic E-state index is 11.0. The van der Waals surface area contributed by atoms with Gasteiger partial charge in [-0.2, -0.15) is 0 Å². The third-order valence-corrected chi connectivity index (χ3v) is 4.71. The highest BCUT2D eigenvalue weighted by molar-refractivity contribution is 9.09. The molecule has 0 amide bonds. The molecule has 0 aliphatic carbocycles. The van der Waals surface area contributed by atoms with Gasteiger partial charge in [0.1, 0.15) is 12.3 Å². The van der Waals surface area contributed by atoms with Gasteiger partial charge in [0.2, 0.25) is 0 Å². The lowest BCUT2D eigenvalue weighted by Crippen LogP contribution is -2.33. The number of nitrogens with one attached hydrogen (secondary N) is 1. The number of aromatic nitrogens is 2. The van der Waals surface area contributed by atoms with Crippen molar-refractivity contribution in [2.75, 3.05) is 10.6 Å². The van der Waals surface area contributed by atoms with E-state index in [4.69, 9.17) is 20.9 Å². The van der Waals surface area contributed by atoms with E-state index >= 15 is 0 Å². The van der Waals surface area contributed by atoms with Crippen LogP contribution in [0.15, 0.2) is 41.7 Å². The van der Waals surface area contributed by atoms with Crippen molar-refractivity contribution in [2.45, 2.75) is 38.2 Å². The molecule has 0 saturated carbocycles. The summed E-state index contributed by atoms with van der Waals surface area (Å²) in [7, 11) is 0. The van der Waals surface area contributed by atoms with Gasteiger partial charge in [-0.3, -0.25) is 20.1 Å². The lowest BCUT2D eigenvalue weighted by Gasteiger charge is -2.23. The highest BCUT2D eigenvalue weighted by atomic mass is 79.9. The van der Waals surface area contributed by atoms with Gasteiger partial charge < -0.3 is 10.5 Å². The number of hydrogen-bond donors (Lipinski definition) is 2. The number of anilines is 2. The molecule has 148 valence electrons. The van der Waals surface area contributed by atoms with Crippen molar-refractivity contribution in [3.05, 3.63) is 47.9 Å². The lowest BCUT2D eigenvalue weighted by molar-refractivity contribution is -0.142. The van der Waals surface area contributed by atoms with Crippen molar-refractivity contribution >= 4 is 45.6 Å². The minimum atomic E-state index is -0.337. The predicted molar refractivity (Wildman–Crippen MR) is 114 cm³/mol. The third-order valence-electron chi connectivity index (χ3n) is 3.94. The zero-order valence-electron chi connectivity index (χ0n) is 16.0. The number of nitrogens with zero attached hydrogens (tertiary/aromatic N) is 4. The number of rotatable bonds is 7. The van der Waals surface area contributed by atoms with Crippen molar-refractivity contribution in [1.29, 1.82) is 5.41 Å². The molecule has 0 aliphatic rings. The van der Waals surface area contributed by atoms with E-state index in [9.17, 15) is 4.79 Å². The summed E-state index contributed by atoms with van der Waals surface area (Å²) in [5, 5.41) is 7.94. The molecule has 0 saturated heterocycles. The topological polar surface area (TPSA) is 118 Å². The number of aliphatic imine (C=N–C) groups is 1. The number of carbonyl (C=O) groups excluding carboxylic acids is 1. The molecule has 2 rings (SSSR count). The Morgan fingerprint density at radius 2 is 1.96 bits per heavy atom. The summed E-state index contributed by atoms with van der Waals surface area (Å²) in [6.07, 6.45) is 4.19. The maximum absolute atomic E-state index is 11.0. The van der Waals surface area contributed by atoms with Crippen LogP contribution < -0.4 is 10.6 Å². The van der Waals surface area contributed by atoms with E-state index in [1.165, 1.54) is 19.3 Å². The Hall–Kier alpha value is -2.81.